The van der Waals surface area contributed by atoms with Gasteiger partial charge in [0, 0.05) is 23.4 Å². The van der Waals surface area contributed by atoms with E-state index in [4.69, 9.17) is 0 Å². The molecule has 0 bridgehead atoms. The molecule has 0 saturated heterocycles. The molecule has 0 unspecified atom stereocenters. The number of hydrogen-bond donors (Lipinski definition) is 2. The van der Waals surface area contributed by atoms with Crippen molar-refractivity contribution in [3.63, 3.8) is 0 Å². The molecule has 0 saturated carbocycles. The topological polar surface area (TPSA) is 66.9 Å². The van der Waals surface area contributed by atoms with Crippen molar-refractivity contribution in [2.75, 3.05) is 10.6 Å². The molecular weight excluding hydrogens is 380 g/mol. The van der Waals surface area contributed by atoms with Crippen molar-refractivity contribution in [2.24, 2.45) is 0 Å². The summed E-state index contributed by atoms with van der Waals surface area (Å²) in [5.41, 5.74) is 2.93. The second kappa shape index (κ2) is 8.39. The van der Waals surface area contributed by atoms with E-state index in [1.807, 2.05) is 48.7 Å². The molecule has 1 amide bonds. The van der Waals surface area contributed by atoms with Crippen molar-refractivity contribution in [3.05, 3.63) is 82.7 Å². The third-order valence-electron chi connectivity index (χ3n) is 3.53. The molecule has 2 aromatic heterocycles. The van der Waals surface area contributed by atoms with Crippen LogP contribution in [-0.4, -0.2) is 15.9 Å². The van der Waals surface area contributed by atoms with Crippen molar-refractivity contribution < 1.29 is 4.79 Å². The number of nitrogens with zero attached hydrogens (tertiary/aromatic N) is 2. The summed E-state index contributed by atoms with van der Waals surface area (Å²) in [6.45, 7) is 0.671. The Hall–Kier alpha value is -2.73. The van der Waals surface area contributed by atoms with Crippen LogP contribution in [0.15, 0.2) is 71.6 Å². The zero-order valence-electron chi connectivity index (χ0n) is 13.4. The van der Waals surface area contributed by atoms with Crippen molar-refractivity contribution in [1.82, 2.24) is 9.97 Å². The summed E-state index contributed by atoms with van der Waals surface area (Å²) in [6.07, 6.45) is 5.58. The van der Waals surface area contributed by atoms with Crippen LogP contribution in [0.3, 0.4) is 0 Å². The van der Waals surface area contributed by atoms with Gasteiger partial charge in [-0.2, -0.15) is 0 Å². The summed E-state index contributed by atoms with van der Waals surface area (Å²) in [5.74, 6) is 0.444. The lowest BCUT2D eigenvalue weighted by atomic mass is 10.1. The van der Waals surface area contributed by atoms with Crippen LogP contribution in [0.4, 0.5) is 11.5 Å². The largest absolute Gasteiger partial charge is 0.380 e. The third-order valence-corrected chi connectivity index (χ3v) is 4.06. The van der Waals surface area contributed by atoms with Gasteiger partial charge >= 0.3 is 0 Å². The Morgan fingerprint density at radius 3 is 2.52 bits per heavy atom. The number of pyridine rings is 2. The lowest BCUT2D eigenvalue weighted by Crippen LogP contribution is -2.15. The lowest BCUT2D eigenvalue weighted by Gasteiger charge is -2.08. The van der Waals surface area contributed by atoms with Gasteiger partial charge in [0.1, 0.15) is 5.82 Å². The van der Waals surface area contributed by atoms with E-state index in [0.29, 0.717) is 18.8 Å². The predicted molar refractivity (Wildman–Crippen MR) is 102 cm³/mol. The van der Waals surface area contributed by atoms with E-state index in [2.05, 4.69) is 36.5 Å². The minimum Gasteiger partial charge on any atom is -0.380 e. The molecule has 0 aliphatic heterocycles. The molecule has 3 rings (SSSR count). The van der Waals surface area contributed by atoms with Gasteiger partial charge in [-0.1, -0.05) is 34.1 Å². The van der Waals surface area contributed by atoms with Gasteiger partial charge in [0.05, 0.1) is 18.3 Å². The molecule has 25 heavy (non-hydrogen) atoms. The maximum atomic E-state index is 12.1. The van der Waals surface area contributed by atoms with E-state index in [0.717, 1.165) is 21.3 Å². The monoisotopic (exact) mass is 396 g/mol. The molecule has 0 radical (unpaired) electrons. The number of carbonyl (C=O) groups is 1. The zero-order chi connectivity index (χ0) is 17.5. The number of carbonyl (C=O) groups excluding carboxylic acids is 1. The third kappa shape index (κ3) is 5.39. The zero-order valence-corrected chi connectivity index (χ0v) is 15.0. The molecule has 2 N–H and O–H groups in total. The maximum absolute atomic E-state index is 12.1. The number of halogens is 1. The molecule has 1 aromatic carbocycles. The highest BCUT2D eigenvalue weighted by Gasteiger charge is 2.05. The van der Waals surface area contributed by atoms with E-state index in [1.165, 1.54) is 0 Å². The second-order valence-corrected chi connectivity index (χ2v) is 6.41. The first-order valence-corrected chi connectivity index (χ1v) is 8.61. The standard InChI is InChI=1S/C19H17BrN4O/c20-16-5-3-14(4-6-16)10-19(25)24-18-8-7-17(13-23-18)22-12-15-2-1-9-21-11-15/h1-9,11,13,22H,10,12H2,(H,23,24,25). The summed E-state index contributed by atoms with van der Waals surface area (Å²) in [7, 11) is 0. The van der Waals surface area contributed by atoms with E-state index in [9.17, 15) is 4.79 Å². The normalized spacial score (nSPS) is 10.3. The summed E-state index contributed by atoms with van der Waals surface area (Å²) in [6, 6.07) is 15.3. The number of hydrogen-bond acceptors (Lipinski definition) is 4. The summed E-state index contributed by atoms with van der Waals surface area (Å²) in [4.78, 5) is 20.4. The fourth-order valence-corrected chi connectivity index (χ4v) is 2.52. The van der Waals surface area contributed by atoms with Crippen molar-refractivity contribution >= 4 is 33.3 Å². The van der Waals surface area contributed by atoms with E-state index in [-0.39, 0.29) is 5.91 Å². The van der Waals surface area contributed by atoms with Crippen LogP contribution in [-0.2, 0) is 17.8 Å². The summed E-state index contributed by atoms with van der Waals surface area (Å²) >= 11 is 3.38. The summed E-state index contributed by atoms with van der Waals surface area (Å²) < 4.78 is 0.993. The van der Waals surface area contributed by atoms with E-state index in [1.54, 1.807) is 18.5 Å². The van der Waals surface area contributed by atoms with Crippen LogP contribution in [0.2, 0.25) is 0 Å². The molecule has 6 heteroatoms. The first-order valence-electron chi connectivity index (χ1n) is 7.82. The maximum Gasteiger partial charge on any atom is 0.229 e. The number of benzene rings is 1. The van der Waals surface area contributed by atoms with Crippen molar-refractivity contribution in [1.29, 1.82) is 0 Å². The molecule has 0 fully saturated rings. The van der Waals surface area contributed by atoms with Crippen LogP contribution in [0.1, 0.15) is 11.1 Å². The molecule has 0 spiro atoms. The molecule has 0 atom stereocenters. The Morgan fingerprint density at radius 2 is 1.84 bits per heavy atom. The first-order chi connectivity index (χ1) is 12.2. The number of rotatable bonds is 6. The highest BCUT2D eigenvalue weighted by atomic mass is 79.9. The van der Waals surface area contributed by atoms with Gasteiger partial charge in [-0.05, 0) is 41.5 Å². The highest BCUT2D eigenvalue weighted by Crippen LogP contribution is 2.13. The van der Waals surface area contributed by atoms with Crippen LogP contribution in [0, 0.1) is 0 Å². The average molecular weight is 397 g/mol. The SMILES string of the molecule is O=C(Cc1ccc(Br)cc1)Nc1ccc(NCc2cccnc2)cn1. The Kier molecular flexibility index (Phi) is 5.74. The van der Waals surface area contributed by atoms with Crippen LogP contribution in [0.5, 0.6) is 0 Å². The molecule has 5 nitrogen and oxygen atoms in total. The predicted octanol–water partition coefficient (Wildman–Crippen LogP) is 4.03. The molecular formula is C19H17BrN4O. The lowest BCUT2D eigenvalue weighted by molar-refractivity contribution is -0.115. The minimum atomic E-state index is -0.0918. The Balaban J connectivity index is 1.51. The van der Waals surface area contributed by atoms with E-state index >= 15 is 0 Å². The highest BCUT2D eigenvalue weighted by molar-refractivity contribution is 9.10. The first kappa shape index (κ1) is 17.1. The number of nitrogens with one attached hydrogen (secondary N) is 2. The molecule has 2 heterocycles. The van der Waals surface area contributed by atoms with Crippen LogP contribution < -0.4 is 10.6 Å². The van der Waals surface area contributed by atoms with E-state index < -0.39 is 0 Å². The number of anilines is 2. The molecule has 3 aromatic rings. The summed E-state index contributed by atoms with van der Waals surface area (Å²) in [5, 5.41) is 6.07. The van der Waals surface area contributed by atoms with Gasteiger partial charge in [-0.15, -0.1) is 0 Å². The smallest absolute Gasteiger partial charge is 0.229 e. The average Bonchev–Trinajstić information content (AvgIpc) is 2.64. The van der Waals surface area contributed by atoms with Crippen LogP contribution >= 0.6 is 15.9 Å². The van der Waals surface area contributed by atoms with Gasteiger partial charge in [0.25, 0.3) is 0 Å². The quantitative estimate of drug-likeness (QED) is 0.659. The van der Waals surface area contributed by atoms with Gasteiger partial charge in [0.15, 0.2) is 0 Å². The molecule has 126 valence electrons. The Bertz CT molecular complexity index is 820. The van der Waals surface area contributed by atoms with Crippen molar-refractivity contribution in [3.8, 4) is 0 Å². The van der Waals surface area contributed by atoms with Gasteiger partial charge in [-0.25, -0.2) is 4.98 Å². The van der Waals surface area contributed by atoms with Gasteiger partial charge in [-0.3, -0.25) is 9.78 Å². The number of amides is 1. The Morgan fingerprint density at radius 1 is 1.00 bits per heavy atom. The number of aromatic nitrogens is 2. The van der Waals surface area contributed by atoms with Gasteiger partial charge in [0.2, 0.25) is 5.91 Å². The fourth-order valence-electron chi connectivity index (χ4n) is 2.25. The fraction of sp³-hybridized carbons (Fsp3) is 0.105. The Labute approximate surface area is 154 Å². The molecule has 0 aliphatic carbocycles. The minimum absolute atomic E-state index is 0.0918. The molecule has 0 aliphatic rings. The van der Waals surface area contributed by atoms with Crippen molar-refractivity contribution in [2.45, 2.75) is 13.0 Å². The van der Waals surface area contributed by atoms with Crippen LogP contribution in [0.25, 0.3) is 0 Å². The van der Waals surface area contributed by atoms with Gasteiger partial charge < -0.3 is 10.6 Å². The second-order valence-electron chi connectivity index (χ2n) is 5.50.